The number of rotatable bonds is 7. The van der Waals surface area contributed by atoms with Gasteiger partial charge in [0.1, 0.15) is 5.82 Å². The Hall–Kier alpha value is -3.00. The predicted molar refractivity (Wildman–Crippen MR) is 101 cm³/mol. The summed E-state index contributed by atoms with van der Waals surface area (Å²) in [7, 11) is -3.76. The Morgan fingerprint density at radius 1 is 1.11 bits per heavy atom. The first-order valence-electron chi connectivity index (χ1n) is 8.56. The molecule has 0 aliphatic carbocycles. The Kier molecular flexibility index (Phi) is 5.60. The minimum atomic E-state index is -3.76. The summed E-state index contributed by atoms with van der Waals surface area (Å²) in [5, 5.41) is 0.717. The molecule has 3 aromatic rings. The number of hydrogen-bond acceptors (Lipinski definition) is 5. The number of hydrogen-bond donors (Lipinski definition) is 1. The number of aromatic nitrogens is 1. The van der Waals surface area contributed by atoms with E-state index in [9.17, 15) is 22.4 Å². The minimum Gasteiger partial charge on any atom is -0.454 e. The highest BCUT2D eigenvalue weighted by atomic mass is 32.2. The zero-order valence-corrected chi connectivity index (χ0v) is 15.8. The van der Waals surface area contributed by atoms with Crippen molar-refractivity contribution in [2.75, 3.05) is 5.75 Å². The number of Topliss-reactive ketones (excluding diaryl/α,β-unsaturated/α-hetero) is 1. The fourth-order valence-corrected chi connectivity index (χ4v) is 4.00. The van der Waals surface area contributed by atoms with Gasteiger partial charge in [-0.2, -0.15) is 0 Å². The largest absolute Gasteiger partial charge is 0.454 e. The van der Waals surface area contributed by atoms with Crippen LogP contribution in [0.25, 0.3) is 10.9 Å². The summed E-state index contributed by atoms with van der Waals surface area (Å²) >= 11 is 0. The van der Waals surface area contributed by atoms with Crippen molar-refractivity contribution in [2.24, 2.45) is 0 Å². The van der Waals surface area contributed by atoms with E-state index in [4.69, 9.17) is 4.74 Å². The third kappa shape index (κ3) is 4.28. The molecule has 0 aliphatic rings. The van der Waals surface area contributed by atoms with E-state index in [2.05, 4.69) is 4.98 Å². The molecule has 0 aliphatic heterocycles. The van der Waals surface area contributed by atoms with Crippen LogP contribution in [0.2, 0.25) is 0 Å². The smallest absolute Gasteiger partial charge is 0.307 e. The van der Waals surface area contributed by atoms with Crippen molar-refractivity contribution in [2.45, 2.75) is 24.3 Å². The lowest BCUT2D eigenvalue weighted by Crippen LogP contribution is -2.25. The Morgan fingerprint density at radius 3 is 2.50 bits per heavy atom. The summed E-state index contributed by atoms with van der Waals surface area (Å²) in [6.07, 6.45) is 0.0851. The zero-order chi connectivity index (χ0) is 20.3. The van der Waals surface area contributed by atoms with Crippen LogP contribution in [0.15, 0.2) is 59.6 Å². The molecular formula is C20H18FNO5S. The number of aromatic amines is 1. The molecule has 28 heavy (non-hydrogen) atoms. The Bertz CT molecular complexity index is 1120. The van der Waals surface area contributed by atoms with E-state index < -0.39 is 39.9 Å². The molecule has 1 atom stereocenters. The maximum Gasteiger partial charge on any atom is 0.307 e. The van der Waals surface area contributed by atoms with E-state index in [0.717, 1.165) is 29.8 Å². The average Bonchev–Trinajstić information content (AvgIpc) is 3.10. The van der Waals surface area contributed by atoms with E-state index in [1.54, 1.807) is 18.3 Å². The number of ketones is 1. The molecule has 8 heteroatoms. The lowest BCUT2D eigenvalue weighted by molar-refractivity contribution is -0.145. The predicted octanol–water partition coefficient (Wildman–Crippen LogP) is 3.29. The third-order valence-electron chi connectivity index (χ3n) is 4.28. The number of benzene rings is 2. The van der Waals surface area contributed by atoms with Gasteiger partial charge >= 0.3 is 5.97 Å². The van der Waals surface area contributed by atoms with Gasteiger partial charge in [-0.05, 0) is 37.3 Å². The van der Waals surface area contributed by atoms with Gasteiger partial charge in [-0.15, -0.1) is 0 Å². The quantitative estimate of drug-likeness (QED) is 0.371. The molecule has 0 spiro atoms. The SMILES string of the molecule is CC(OC(=O)CCS(=O)(=O)c1ccc(F)cc1)C(=O)c1c[nH]c2ccccc12. The maximum absolute atomic E-state index is 12.9. The molecule has 0 bridgehead atoms. The van der Waals surface area contributed by atoms with Crippen molar-refractivity contribution in [1.29, 1.82) is 0 Å². The second kappa shape index (κ2) is 7.93. The first-order valence-corrected chi connectivity index (χ1v) is 10.2. The number of halogens is 1. The molecule has 146 valence electrons. The van der Waals surface area contributed by atoms with Crippen LogP contribution >= 0.6 is 0 Å². The van der Waals surface area contributed by atoms with Crippen LogP contribution in [0.5, 0.6) is 0 Å². The topological polar surface area (TPSA) is 93.3 Å². The summed E-state index contributed by atoms with van der Waals surface area (Å²) < 4.78 is 42.4. The van der Waals surface area contributed by atoms with Crippen molar-refractivity contribution in [1.82, 2.24) is 4.98 Å². The summed E-state index contributed by atoms with van der Waals surface area (Å²) in [6.45, 7) is 1.44. The van der Waals surface area contributed by atoms with Crippen molar-refractivity contribution in [3.63, 3.8) is 0 Å². The molecule has 2 aromatic carbocycles. The molecule has 0 saturated carbocycles. The van der Waals surface area contributed by atoms with E-state index in [1.165, 1.54) is 6.92 Å². The van der Waals surface area contributed by atoms with Gasteiger partial charge in [0.05, 0.1) is 17.1 Å². The molecule has 1 N–H and O–H groups in total. The van der Waals surface area contributed by atoms with Gasteiger partial charge in [-0.25, -0.2) is 12.8 Å². The molecule has 1 aromatic heterocycles. The van der Waals surface area contributed by atoms with Gasteiger partial charge in [0.2, 0.25) is 5.78 Å². The van der Waals surface area contributed by atoms with Crippen molar-refractivity contribution < 1.29 is 27.1 Å². The maximum atomic E-state index is 12.9. The van der Waals surface area contributed by atoms with Crippen LogP contribution in [-0.2, 0) is 19.4 Å². The number of H-pyrrole nitrogens is 1. The molecule has 0 radical (unpaired) electrons. The fourth-order valence-electron chi connectivity index (χ4n) is 2.78. The molecular weight excluding hydrogens is 385 g/mol. The standard InChI is InChI=1S/C20H18FNO5S/c1-13(20(24)17-12-22-18-5-3-2-4-16(17)18)27-19(23)10-11-28(25,26)15-8-6-14(21)7-9-15/h2-9,12-13,22H,10-11H2,1H3. The van der Waals surface area contributed by atoms with E-state index in [-0.39, 0.29) is 10.7 Å². The first-order chi connectivity index (χ1) is 13.3. The lowest BCUT2D eigenvalue weighted by Gasteiger charge is -2.12. The summed E-state index contributed by atoms with van der Waals surface area (Å²) in [5.74, 6) is -2.23. The van der Waals surface area contributed by atoms with Gasteiger partial charge in [0.25, 0.3) is 0 Å². The summed E-state index contributed by atoms with van der Waals surface area (Å²) in [4.78, 5) is 27.5. The highest BCUT2D eigenvalue weighted by Gasteiger charge is 2.23. The minimum absolute atomic E-state index is 0.0791. The van der Waals surface area contributed by atoms with Crippen LogP contribution in [-0.4, -0.2) is 37.0 Å². The van der Waals surface area contributed by atoms with Gasteiger partial charge in [-0.3, -0.25) is 9.59 Å². The normalized spacial score (nSPS) is 12.6. The molecule has 0 saturated heterocycles. The number of carbonyl (C=O) groups is 2. The molecule has 1 heterocycles. The highest BCUT2D eigenvalue weighted by Crippen LogP contribution is 2.20. The Morgan fingerprint density at radius 2 is 1.79 bits per heavy atom. The lowest BCUT2D eigenvalue weighted by atomic mass is 10.1. The van der Waals surface area contributed by atoms with Crippen LogP contribution in [0.3, 0.4) is 0 Å². The van der Waals surface area contributed by atoms with E-state index in [0.29, 0.717) is 10.9 Å². The Labute approximate surface area is 161 Å². The second-order valence-electron chi connectivity index (χ2n) is 6.27. The van der Waals surface area contributed by atoms with Gasteiger partial charge in [0.15, 0.2) is 15.9 Å². The van der Waals surface area contributed by atoms with Crippen molar-refractivity contribution in [3.05, 3.63) is 66.1 Å². The van der Waals surface area contributed by atoms with E-state index >= 15 is 0 Å². The van der Waals surface area contributed by atoms with Crippen molar-refractivity contribution in [3.8, 4) is 0 Å². The van der Waals surface area contributed by atoms with Crippen LogP contribution < -0.4 is 0 Å². The molecule has 6 nitrogen and oxygen atoms in total. The molecule has 0 amide bonds. The Balaban J connectivity index is 1.61. The first kappa shape index (κ1) is 19.8. The van der Waals surface area contributed by atoms with Gasteiger partial charge in [-0.1, -0.05) is 18.2 Å². The number of para-hydroxylation sites is 1. The molecule has 1 unspecified atom stereocenters. The zero-order valence-electron chi connectivity index (χ0n) is 15.0. The second-order valence-corrected chi connectivity index (χ2v) is 8.38. The summed E-state index contributed by atoms with van der Waals surface area (Å²) in [6, 6.07) is 11.6. The van der Waals surface area contributed by atoms with Gasteiger partial charge in [0, 0.05) is 22.7 Å². The highest BCUT2D eigenvalue weighted by molar-refractivity contribution is 7.91. The van der Waals surface area contributed by atoms with Gasteiger partial charge < -0.3 is 9.72 Å². The fraction of sp³-hybridized carbons (Fsp3) is 0.200. The molecule has 0 fully saturated rings. The number of ether oxygens (including phenoxy) is 1. The van der Waals surface area contributed by atoms with Crippen LogP contribution in [0.1, 0.15) is 23.7 Å². The number of carbonyl (C=O) groups excluding carboxylic acids is 2. The monoisotopic (exact) mass is 403 g/mol. The van der Waals surface area contributed by atoms with Crippen LogP contribution in [0.4, 0.5) is 4.39 Å². The number of nitrogens with one attached hydrogen (secondary N) is 1. The number of fused-ring (bicyclic) bond motifs is 1. The molecule has 3 rings (SSSR count). The average molecular weight is 403 g/mol. The van der Waals surface area contributed by atoms with Crippen molar-refractivity contribution >= 4 is 32.5 Å². The van der Waals surface area contributed by atoms with E-state index in [1.807, 2.05) is 12.1 Å². The van der Waals surface area contributed by atoms with Crippen LogP contribution in [0, 0.1) is 5.82 Å². The summed E-state index contributed by atoms with van der Waals surface area (Å²) in [5.41, 5.74) is 1.18. The number of sulfone groups is 1. The number of esters is 1. The third-order valence-corrected chi connectivity index (χ3v) is 6.01.